The number of hydrogen-bond donors (Lipinski definition) is 1. The van der Waals surface area contributed by atoms with Crippen LogP contribution in [0.5, 0.6) is 5.75 Å². The average molecular weight is 706 g/mol. The third-order valence-electron chi connectivity index (χ3n) is 6.73. The van der Waals surface area contributed by atoms with Gasteiger partial charge in [0.25, 0.3) is 0 Å². The minimum atomic E-state index is -3.75. The number of thiophene rings is 1. The SMILES string of the molecule is C=CCOC(=O)COc1c(C(=O)OCC(C)C)sc(-c2cccc(N(C3CCNCC3)S(=O)(=O)Cc3ccccc3)c2)c1Br. The van der Waals surface area contributed by atoms with Crippen molar-refractivity contribution in [1.82, 2.24) is 5.32 Å². The molecule has 0 spiro atoms. The smallest absolute Gasteiger partial charge is 0.352 e. The van der Waals surface area contributed by atoms with Gasteiger partial charge in [0.15, 0.2) is 17.2 Å². The van der Waals surface area contributed by atoms with Gasteiger partial charge in [-0.1, -0.05) is 69.0 Å². The van der Waals surface area contributed by atoms with Gasteiger partial charge in [-0.15, -0.1) is 11.3 Å². The van der Waals surface area contributed by atoms with Crippen LogP contribution < -0.4 is 14.4 Å². The zero-order chi connectivity index (χ0) is 31.7. The summed E-state index contributed by atoms with van der Waals surface area (Å²) in [7, 11) is -3.75. The third kappa shape index (κ3) is 8.71. The first kappa shape index (κ1) is 33.7. The summed E-state index contributed by atoms with van der Waals surface area (Å²) in [4.78, 5) is 26.1. The number of carbonyl (C=O) groups is 2. The molecule has 2 heterocycles. The maximum atomic E-state index is 14.0. The van der Waals surface area contributed by atoms with E-state index in [4.69, 9.17) is 14.2 Å². The van der Waals surface area contributed by atoms with Gasteiger partial charge in [-0.3, -0.25) is 4.31 Å². The van der Waals surface area contributed by atoms with E-state index in [0.717, 1.165) is 24.4 Å². The third-order valence-corrected chi connectivity index (χ3v) is 10.8. The minimum Gasteiger partial charge on any atom is -0.479 e. The normalized spacial score (nSPS) is 13.8. The second kappa shape index (κ2) is 15.7. The standard InChI is InChI=1S/C32H37BrN2O7S2/c1-4-17-40-27(36)20-41-29-28(33)30(43-31(29)32(37)42-19-22(2)3)24-11-8-12-26(18-24)35(25-13-15-34-16-14-25)44(38,39)21-23-9-6-5-7-10-23/h4-12,18,22,25,34H,1,13-17,19-21H2,2-3H3. The Labute approximate surface area is 271 Å². The van der Waals surface area contributed by atoms with Gasteiger partial charge in [0.1, 0.15) is 6.61 Å². The van der Waals surface area contributed by atoms with Crippen LogP contribution in [0.1, 0.15) is 41.9 Å². The van der Waals surface area contributed by atoms with E-state index < -0.39 is 28.6 Å². The number of carbonyl (C=O) groups excluding carboxylic acids is 2. The Morgan fingerprint density at radius 1 is 1.11 bits per heavy atom. The van der Waals surface area contributed by atoms with Crippen molar-refractivity contribution in [3.8, 4) is 16.2 Å². The zero-order valence-electron chi connectivity index (χ0n) is 24.8. The Morgan fingerprint density at radius 3 is 2.52 bits per heavy atom. The fourth-order valence-corrected chi connectivity index (χ4v) is 8.55. The summed E-state index contributed by atoms with van der Waals surface area (Å²) in [5, 5.41) is 3.31. The van der Waals surface area contributed by atoms with Gasteiger partial charge in [0.2, 0.25) is 10.0 Å². The molecule has 0 radical (unpaired) electrons. The maximum Gasteiger partial charge on any atom is 0.352 e. The molecule has 1 fully saturated rings. The highest BCUT2D eigenvalue weighted by atomic mass is 79.9. The number of ether oxygens (including phenoxy) is 3. The average Bonchev–Trinajstić information content (AvgIpc) is 3.34. The van der Waals surface area contributed by atoms with Gasteiger partial charge < -0.3 is 19.5 Å². The van der Waals surface area contributed by atoms with E-state index in [1.165, 1.54) is 6.08 Å². The lowest BCUT2D eigenvalue weighted by Crippen LogP contribution is -2.46. The molecular formula is C32H37BrN2O7S2. The molecule has 1 aromatic heterocycles. The van der Waals surface area contributed by atoms with Crippen molar-refractivity contribution in [2.45, 2.75) is 38.5 Å². The molecule has 12 heteroatoms. The molecular weight excluding hydrogens is 668 g/mol. The van der Waals surface area contributed by atoms with Crippen molar-refractivity contribution >= 4 is 54.9 Å². The molecule has 3 aromatic rings. The van der Waals surface area contributed by atoms with E-state index >= 15 is 0 Å². The fourth-order valence-electron chi connectivity index (χ4n) is 4.76. The van der Waals surface area contributed by atoms with E-state index in [9.17, 15) is 18.0 Å². The molecule has 9 nitrogen and oxygen atoms in total. The Bertz CT molecular complexity index is 1550. The molecule has 2 aromatic carbocycles. The zero-order valence-corrected chi connectivity index (χ0v) is 28.0. The van der Waals surface area contributed by atoms with Gasteiger partial charge in [-0.25, -0.2) is 18.0 Å². The molecule has 44 heavy (non-hydrogen) atoms. The number of nitrogens with zero attached hydrogens (tertiary/aromatic N) is 1. The van der Waals surface area contributed by atoms with Crippen molar-refractivity contribution < 1.29 is 32.2 Å². The molecule has 1 aliphatic rings. The van der Waals surface area contributed by atoms with E-state index in [-0.39, 0.29) is 41.6 Å². The number of esters is 2. The molecule has 1 N–H and O–H groups in total. The number of hydrogen-bond acceptors (Lipinski definition) is 9. The summed E-state index contributed by atoms with van der Waals surface area (Å²) in [5.41, 5.74) is 1.92. The first-order chi connectivity index (χ1) is 21.1. The number of piperidine rings is 1. The molecule has 0 bridgehead atoms. The van der Waals surface area contributed by atoms with Crippen molar-refractivity contribution in [3.05, 3.63) is 82.2 Å². The first-order valence-corrected chi connectivity index (χ1v) is 17.6. The van der Waals surface area contributed by atoms with E-state index in [2.05, 4.69) is 27.8 Å². The largest absolute Gasteiger partial charge is 0.479 e. The molecule has 1 saturated heterocycles. The Morgan fingerprint density at radius 2 is 1.84 bits per heavy atom. The second-order valence-electron chi connectivity index (χ2n) is 10.7. The monoisotopic (exact) mass is 704 g/mol. The van der Waals surface area contributed by atoms with Crippen molar-refractivity contribution in [1.29, 1.82) is 0 Å². The van der Waals surface area contributed by atoms with Crippen molar-refractivity contribution in [2.24, 2.45) is 5.92 Å². The van der Waals surface area contributed by atoms with E-state index in [1.54, 1.807) is 16.4 Å². The van der Waals surface area contributed by atoms with E-state index in [0.29, 0.717) is 39.0 Å². The van der Waals surface area contributed by atoms with Crippen LogP contribution in [0.4, 0.5) is 5.69 Å². The molecule has 0 atom stereocenters. The van der Waals surface area contributed by atoms with Crippen molar-refractivity contribution in [3.63, 3.8) is 0 Å². The van der Waals surface area contributed by atoms with Crippen LogP contribution >= 0.6 is 27.3 Å². The van der Waals surface area contributed by atoms with Crippen LogP contribution in [-0.2, 0) is 30.0 Å². The molecule has 1 aliphatic heterocycles. The first-order valence-electron chi connectivity index (χ1n) is 14.4. The van der Waals surface area contributed by atoms with Crippen LogP contribution in [0.15, 0.2) is 71.7 Å². The summed E-state index contributed by atoms with van der Waals surface area (Å²) in [5.74, 6) is -1.05. The highest BCUT2D eigenvalue weighted by molar-refractivity contribution is 9.10. The van der Waals surface area contributed by atoms with Crippen LogP contribution in [0.3, 0.4) is 0 Å². The van der Waals surface area contributed by atoms with Gasteiger partial charge in [-0.05, 0) is 71.0 Å². The number of benzene rings is 2. The predicted octanol–water partition coefficient (Wildman–Crippen LogP) is 6.19. The summed E-state index contributed by atoms with van der Waals surface area (Å²) >= 11 is 4.72. The van der Waals surface area contributed by atoms with Gasteiger partial charge in [-0.2, -0.15) is 0 Å². The van der Waals surface area contributed by atoms with Crippen LogP contribution in [0, 0.1) is 5.92 Å². The molecule has 0 unspecified atom stereocenters. The molecule has 236 valence electrons. The highest BCUT2D eigenvalue weighted by Crippen LogP contribution is 2.47. The molecule has 4 rings (SSSR count). The lowest BCUT2D eigenvalue weighted by Gasteiger charge is -2.35. The van der Waals surface area contributed by atoms with Crippen LogP contribution in [0.25, 0.3) is 10.4 Å². The van der Waals surface area contributed by atoms with E-state index in [1.807, 2.05) is 56.3 Å². The number of sulfonamides is 1. The summed E-state index contributed by atoms with van der Waals surface area (Å²) < 4.78 is 46.3. The lowest BCUT2D eigenvalue weighted by atomic mass is 10.1. The maximum absolute atomic E-state index is 14.0. The topological polar surface area (TPSA) is 111 Å². The Hall–Kier alpha value is -3.19. The number of halogens is 1. The number of rotatable bonds is 14. The highest BCUT2D eigenvalue weighted by Gasteiger charge is 2.32. The number of nitrogens with one attached hydrogen (secondary N) is 1. The second-order valence-corrected chi connectivity index (χ2v) is 14.4. The molecule has 0 saturated carbocycles. The van der Waals surface area contributed by atoms with Gasteiger partial charge in [0, 0.05) is 6.04 Å². The van der Waals surface area contributed by atoms with Gasteiger partial charge >= 0.3 is 11.9 Å². The Kier molecular flexibility index (Phi) is 12.0. The molecule has 0 aliphatic carbocycles. The molecule has 0 amide bonds. The Balaban J connectivity index is 1.73. The van der Waals surface area contributed by atoms with Crippen molar-refractivity contribution in [2.75, 3.05) is 37.2 Å². The summed E-state index contributed by atoms with van der Waals surface area (Å²) in [6.07, 6.45) is 2.80. The summed E-state index contributed by atoms with van der Waals surface area (Å²) in [6, 6.07) is 16.2. The van der Waals surface area contributed by atoms with Gasteiger partial charge in [0.05, 0.1) is 27.4 Å². The lowest BCUT2D eigenvalue weighted by molar-refractivity contribution is -0.144. The summed E-state index contributed by atoms with van der Waals surface area (Å²) in [6.45, 7) is 8.66. The number of anilines is 1. The van der Waals surface area contributed by atoms with Crippen LogP contribution in [-0.4, -0.2) is 59.3 Å². The predicted molar refractivity (Wildman–Crippen MR) is 177 cm³/mol. The van der Waals surface area contributed by atoms with Crippen LogP contribution in [0.2, 0.25) is 0 Å². The quantitative estimate of drug-likeness (QED) is 0.156. The minimum absolute atomic E-state index is 0.0368. The fraction of sp³-hybridized carbons (Fsp3) is 0.375.